The van der Waals surface area contributed by atoms with E-state index in [0.717, 1.165) is 32.2 Å². The molecule has 8 aromatic rings. The Morgan fingerprint density at radius 2 is 1.24 bits per heavy atom. The lowest BCUT2D eigenvalue weighted by molar-refractivity contribution is -0.390. The number of aromatic nitrogens is 12. The molecule has 1 N–H and O–H groups in total. The average Bonchev–Trinajstić information content (AvgIpc) is 4.11. The van der Waals surface area contributed by atoms with Gasteiger partial charge in [-0.1, -0.05) is 33.6 Å². The maximum absolute atomic E-state index is 14.2. The van der Waals surface area contributed by atoms with Gasteiger partial charge in [-0.2, -0.15) is 10.2 Å². The summed E-state index contributed by atoms with van der Waals surface area (Å²) in [5.74, 6) is -1.67. The fourth-order valence-electron chi connectivity index (χ4n) is 7.26. The molecule has 28 heteroatoms. The number of carbonyl (C=O) groups excluding carboxylic acids is 1. The van der Waals surface area contributed by atoms with Crippen LogP contribution in [0.3, 0.4) is 0 Å². The predicted octanol–water partition coefficient (Wildman–Crippen LogP) is 8.93. The Morgan fingerprint density at radius 1 is 0.736 bits per heavy atom. The van der Waals surface area contributed by atoms with E-state index in [4.69, 9.17) is 32.7 Å². The number of ketones is 1. The summed E-state index contributed by atoms with van der Waals surface area (Å²) in [5.41, 5.74) is 2.00. The molecule has 2 aliphatic carbocycles. The Hall–Kier alpha value is -7.13. The lowest BCUT2D eigenvalue weighted by Crippen LogP contribution is -2.13. The minimum Gasteiger partial charge on any atom is -0.481 e. The summed E-state index contributed by atoms with van der Waals surface area (Å²) in [6.07, 6.45) is 9.11. The highest BCUT2D eigenvalue weighted by Crippen LogP contribution is 2.34. The van der Waals surface area contributed by atoms with Crippen molar-refractivity contribution in [3.05, 3.63) is 170 Å². The highest BCUT2D eigenvalue weighted by Gasteiger charge is 2.28. The SMILES string of the molecule is O=C(c1cn(CC2CC2)nn1)c1cc(Cl)nn1-c1ccc(F)cc1COc1cc(Br)cnc1[N+](=O)[O-].O=[N+]([O-])c1ncc(Br)cc1OCc1cc(F)ccc1-n1nc(Cl)cc1C(O)c1cn(CC2CC2)nn1. The molecule has 10 rings (SSSR count). The summed E-state index contributed by atoms with van der Waals surface area (Å²) >= 11 is 18.7. The zero-order valence-electron chi connectivity index (χ0n) is 36.8. The van der Waals surface area contributed by atoms with Crippen LogP contribution in [0.25, 0.3) is 11.4 Å². The molecule has 2 aromatic carbocycles. The van der Waals surface area contributed by atoms with Crippen molar-refractivity contribution < 1.29 is 38.0 Å². The van der Waals surface area contributed by atoms with Crippen molar-refractivity contribution >= 4 is 72.5 Å². The lowest BCUT2D eigenvalue weighted by Gasteiger charge is -2.15. The molecule has 0 amide bonds. The minimum absolute atomic E-state index is 0.0340. The summed E-state index contributed by atoms with van der Waals surface area (Å²) in [5, 5.41) is 58.5. The van der Waals surface area contributed by atoms with Gasteiger partial charge in [-0.15, -0.1) is 10.2 Å². The second kappa shape index (κ2) is 21.3. The van der Waals surface area contributed by atoms with Crippen molar-refractivity contribution in [2.45, 2.75) is 58.1 Å². The fourth-order valence-corrected chi connectivity index (χ4v) is 8.25. The third-order valence-corrected chi connectivity index (χ3v) is 12.3. The zero-order valence-corrected chi connectivity index (χ0v) is 41.5. The van der Waals surface area contributed by atoms with E-state index in [9.17, 15) is 38.9 Å². The minimum atomic E-state index is -1.22. The zero-order chi connectivity index (χ0) is 50.8. The van der Waals surface area contributed by atoms with Gasteiger partial charge in [0.1, 0.15) is 42.3 Å². The van der Waals surface area contributed by atoms with Crippen molar-refractivity contribution in [1.82, 2.24) is 59.5 Å². The van der Waals surface area contributed by atoms with E-state index in [1.807, 2.05) is 0 Å². The molecule has 1 atom stereocenters. The number of halogens is 6. The van der Waals surface area contributed by atoms with Crippen molar-refractivity contribution in [3.63, 3.8) is 0 Å². The van der Waals surface area contributed by atoms with Crippen LogP contribution < -0.4 is 9.47 Å². The van der Waals surface area contributed by atoms with E-state index in [2.05, 4.69) is 72.6 Å². The number of hydrogen-bond donors (Lipinski definition) is 1. The normalized spacial score (nSPS) is 13.6. The van der Waals surface area contributed by atoms with E-state index < -0.39 is 45.0 Å². The maximum Gasteiger partial charge on any atom is 0.406 e. The van der Waals surface area contributed by atoms with Gasteiger partial charge >= 0.3 is 11.6 Å². The molecular weight excluding hydrogens is 1120 g/mol. The predicted molar refractivity (Wildman–Crippen MR) is 256 cm³/mol. The van der Waals surface area contributed by atoms with Gasteiger partial charge in [0.15, 0.2) is 28.4 Å². The van der Waals surface area contributed by atoms with Gasteiger partial charge in [0.2, 0.25) is 17.3 Å². The molecule has 0 spiro atoms. The topological polar surface area (TPSA) is 265 Å². The number of ether oxygens (including phenoxy) is 2. The quantitative estimate of drug-likeness (QED) is 0.0477. The number of nitrogens with zero attached hydrogens (tertiary/aromatic N) is 14. The largest absolute Gasteiger partial charge is 0.481 e. The van der Waals surface area contributed by atoms with E-state index in [-0.39, 0.29) is 57.7 Å². The molecular formula is C44H34Br2Cl2F2N14O8. The number of hydrogen-bond acceptors (Lipinski definition) is 16. The van der Waals surface area contributed by atoms with Crippen molar-refractivity contribution in [3.8, 4) is 22.9 Å². The van der Waals surface area contributed by atoms with Crippen LogP contribution in [0.1, 0.15) is 70.5 Å². The number of nitro groups is 2. The number of carbonyl (C=O) groups is 1. The van der Waals surface area contributed by atoms with Crippen molar-refractivity contribution in [2.24, 2.45) is 11.8 Å². The fraction of sp³-hybridized carbons (Fsp3) is 0.250. The standard InChI is InChI=1S/C22H18BrClFN7O4.C22H16BrClFN7O4/c2*23-14-6-19(22(26-8-14)32(34)35)36-11-13-5-15(25)3-4-17(13)31-18(7-20(24)28-31)21(33)16-10-30(29-27-16)9-12-1-2-12/h3-8,10,12,21,33H,1-2,9,11H2;3-8,10,12H,1-2,9,11H2. The summed E-state index contributed by atoms with van der Waals surface area (Å²) in [4.78, 5) is 42.0. The molecule has 2 saturated carbocycles. The van der Waals surface area contributed by atoms with Gasteiger partial charge in [-0.05, 0) is 126 Å². The highest BCUT2D eigenvalue weighted by atomic mass is 79.9. The lowest BCUT2D eigenvalue weighted by atomic mass is 10.1. The Balaban J connectivity index is 0.000000178. The Labute approximate surface area is 431 Å². The monoisotopic (exact) mass is 1150 g/mol. The van der Waals surface area contributed by atoms with Crippen LogP contribution in [-0.2, 0) is 26.3 Å². The molecule has 0 saturated heterocycles. The molecule has 370 valence electrons. The molecule has 0 bridgehead atoms. The van der Waals surface area contributed by atoms with E-state index in [0.29, 0.717) is 50.0 Å². The van der Waals surface area contributed by atoms with E-state index in [1.165, 1.54) is 82.4 Å². The number of aliphatic hydroxyl groups is 1. The van der Waals surface area contributed by atoms with Crippen LogP contribution in [-0.4, -0.2) is 80.3 Å². The van der Waals surface area contributed by atoms with Crippen LogP contribution in [0.2, 0.25) is 10.3 Å². The van der Waals surface area contributed by atoms with Crippen LogP contribution in [0.15, 0.2) is 94.4 Å². The first-order valence-electron chi connectivity index (χ1n) is 21.5. The molecule has 72 heavy (non-hydrogen) atoms. The van der Waals surface area contributed by atoms with Crippen LogP contribution in [0.4, 0.5) is 20.4 Å². The van der Waals surface area contributed by atoms with Gasteiger partial charge in [0, 0.05) is 48.5 Å². The summed E-state index contributed by atoms with van der Waals surface area (Å²) in [7, 11) is 0. The van der Waals surface area contributed by atoms with Crippen molar-refractivity contribution in [2.75, 3.05) is 0 Å². The Morgan fingerprint density at radius 3 is 1.78 bits per heavy atom. The Bertz CT molecular complexity index is 3370. The van der Waals surface area contributed by atoms with Crippen LogP contribution >= 0.6 is 55.1 Å². The molecule has 2 fully saturated rings. The van der Waals surface area contributed by atoms with Gasteiger partial charge in [-0.3, -0.25) is 14.2 Å². The molecule has 6 heterocycles. The summed E-state index contributed by atoms with van der Waals surface area (Å²) in [6.45, 7) is 0.886. The van der Waals surface area contributed by atoms with Crippen molar-refractivity contribution in [1.29, 1.82) is 0 Å². The summed E-state index contributed by atoms with van der Waals surface area (Å²) in [6, 6.07) is 13.3. The molecule has 6 aromatic heterocycles. The second-order valence-electron chi connectivity index (χ2n) is 16.5. The first-order chi connectivity index (χ1) is 34.6. The molecule has 1 unspecified atom stereocenters. The third-order valence-electron chi connectivity index (χ3n) is 11.0. The second-order valence-corrected chi connectivity index (χ2v) is 19.1. The third kappa shape index (κ3) is 11.8. The smallest absolute Gasteiger partial charge is 0.406 e. The number of pyridine rings is 2. The van der Waals surface area contributed by atoms with Gasteiger partial charge in [0.05, 0.1) is 38.4 Å². The molecule has 0 aliphatic heterocycles. The number of benzene rings is 2. The van der Waals surface area contributed by atoms with Gasteiger partial charge < -0.3 is 34.8 Å². The summed E-state index contributed by atoms with van der Waals surface area (Å²) < 4.78 is 46.5. The van der Waals surface area contributed by atoms with Gasteiger partial charge in [0.25, 0.3) is 0 Å². The molecule has 0 radical (unpaired) electrons. The van der Waals surface area contributed by atoms with E-state index >= 15 is 0 Å². The average molecular weight is 1160 g/mol. The molecule has 22 nitrogen and oxygen atoms in total. The van der Waals surface area contributed by atoms with E-state index in [1.54, 1.807) is 21.8 Å². The number of rotatable bonds is 18. The first-order valence-corrected chi connectivity index (χ1v) is 23.9. The molecule has 2 aliphatic rings. The number of aliphatic hydroxyl groups excluding tert-OH is 1. The Kier molecular flexibility index (Phi) is 14.7. The van der Waals surface area contributed by atoms with Crippen LogP contribution in [0.5, 0.6) is 11.5 Å². The first kappa shape index (κ1) is 49.8. The van der Waals surface area contributed by atoms with Gasteiger partial charge in [-0.25, -0.2) is 18.1 Å². The van der Waals surface area contributed by atoms with Crippen LogP contribution in [0, 0.1) is 43.7 Å². The maximum atomic E-state index is 14.2. The highest BCUT2D eigenvalue weighted by molar-refractivity contribution is 9.10.